The van der Waals surface area contributed by atoms with Crippen molar-refractivity contribution in [3.8, 4) is 0 Å². The molecule has 84 heavy (non-hydrogen) atoms. The molecular weight excluding hydrogens is 1150 g/mol. The van der Waals surface area contributed by atoms with E-state index in [1.807, 2.05) is 0 Å². The van der Waals surface area contributed by atoms with Gasteiger partial charge in [-0.3, -0.25) is 42.7 Å². The number of likely N-dealkylation sites (tertiary alicyclic amines) is 2. The first-order valence-corrected chi connectivity index (χ1v) is 30.7. The number of ether oxygens (including phenoxy) is 2. The summed E-state index contributed by atoms with van der Waals surface area (Å²) in [5, 5.41) is 26.7. The quantitative estimate of drug-likeness (QED) is 0.00913. The van der Waals surface area contributed by atoms with E-state index in [-0.39, 0.29) is 80.1 Å². The molecule has 27 heteroatoms. The lowest BCUT2D eigenvalue weighted by Crippen LogP contribution is -2.36. The topological polar surface area (TPSA) is 332 Å². The Bertz CT molecular complexity index is 2750. The minimum atomic E-state index is -5.87. The average molecular weight is 1220 g/mol. The lowest BCUT2D eigenvalue weighted by atomic mass is 9.99. The minimum absolute atomic E-state index is 0.0154. The maximum absolute atomic E-state index is 16.5. The van der Waals surface area contributed by atoms with Gasteiger partial charge in [-0.05, 0) is 80.4 Å². The van der Waals surface area contributed by atoms with E-state index in [0.717, 1.165) is 48.6 Å². The predicted octanol–water partition coefficient (Wildman–Crippen LogP) is 7.86. The average Bonchev–Trinajstić information content (AvgIpc) is 3.83. The van der Waals surface area contributed by atoms with E-state index in [1.165, 1.54) is 64.4 Å². The van der Waals surface area contributed by atoms with Gasteiger partial charge in [-0.1, -0.05) is 105 Å². The number of benzene rings is 3. The zero-order valence-corrected chi connectivity index (χ0v) is 47.7. The van der Waals surface area contributed by atoms with Crippen LogP contribution in [-0.4, -0.2) is 135 Å². The van der Waals surface area contributed by atoms with E-state index in [9.17, 15) is 67.4 Å². The molecule has 3 amide bonds. The number of carbonyl (C=O) groups is 7. The molecule has 460 valence electrons. The summed E-state index contributed by atoms with van der Waals surface area (Å²) in [7, 11) is -11.7. The van der Waals surface area contributed by atoms with Gasteiger partial charge in [-0.25, -0.2) is 0 Å². The summed E-state index contributed by atoms with van der Waals surface area (Å²) in [5.74, 6) is -13.8. The highest BCUT2D eigenvalue weighted by Crippen LogP contribution is 2.69. The van der Waals surface area contributed by atoms with E-state index in [1.54, 1.807) is 0 Å². The van der Waals surface area contributed by atoms with Crippen LogP contribution in [0, 0.1) is 0 Å². The van der Waals surface area contributed by atoms with Crippen molar-refractivity contribution in [2.24, 2.45) is 0 Å². The minimum Gasteiger partial charge on any atom is -0.481 e. The Hall–Kier alpha value is -6.59. The van der Waals surface area contributed by atoms with Crippen molar-refractivity contribution in [2.75, 3.05) is 19.6 Å². The van der Waals surface area contributed by atoms with Gasteiger partial charge in [0.05, 0.1) is 24.9 Å². The summed E-state index contributed by atoms with van der Waals surface area (Å²) in [6.07, 6.45) is 1.32. The first kappa shape index (κ1) is 68.2. The molecule has 0 radical (unpaired) electrons. The fourth-order valence-electron chi connectivity index (χ4n) is 9.78. The second kappa shape index (κ2) is 31.0. The van der Waals surface area contributed by atoms with E-state index < -0.39 is 130 Å². The second-order valence-corrected chi connectivity index (χ2v) is 24.7. The molecule has 0 bridgehead atoms. The van der Waals surface area contributed by atoms with Gasteiger partial charge in [0.25, 0.3) is 11.0 Å². The van der Waals surface area contributed by atoms with E-state index in [4.69, 9.17) is 19.7 Å². The summed E-state index contributed by atoms with van der Waals surface area (Å²) in [5.41, 5.74) is -1.79. The van der Waals surface area contributed by atoms with Crippen LogP contribution in [0.15, 0.2) is 103 Å². The third kappa shape index (κ3) is 19.7. The SMILES string of the molecule is O=C(O)CCCCCCN1C(=O)CCC1/C=C/C(OC(=O)Cc1cc(CC(=O)OC(/C=C/[C@H]2CCC(=O)N2CCCCCCC(=O)O)C(F)(F)c2ccccc2)cc(C(=O)NCCCC(O)(P(=O)(O)O)P(=O)(O)O)c1)C(F)(F)c1ccccc1. The molecule has 3 aromatic rings. The summed E-state index contributed by atoms with van der Waals surface area (Å²) in [6, 6.07) is 14.7. The number of nitrogens with zero attached hydrogens (tertiary/aromatic N) is 2. The number of carbonyl (C=O) groups excluding carboxylic acids is 5. The molecule has 21 nitrogen and oxygen atoms in total. The number of aliphatic carboxylic acids is 2. The number of carboxylic acid groups (broad SMARTS) is 2. The fourth-order valence-corrected chi connectivity index (χ4v) is 12.0. The molecule has 2 aliphatic rings. The summed E-state index contributed by atoms with van der Waals surface area (Å²) >= 11 is 0. The Morgan fingerprint density at radius 1 is 0.607 bits per heavy atom. The number of esters is 2. The first-order valence-electron chi connectivity index (χ1n) is 27.4. The Morgan fingerprint density at radius 3 is 1.38 bits per heavy atom. The number of nitrogens with one attached hydrogen (secondary N) is 1. The molecule has 3 unspecified atom stereocenters. The van der Waals surface area contributed by atoms with E-state index in [2.05, 4.69) is 5.32 Å². The largest absolute Gasteiger partial charge is 0.481 e. The van der Waals surface area contributed by atoms with Gasteiger partial charge in [0.1, 0.15) is 0 Å². The van der Waals surface area contributed by atoms with Crippen molar-refractivity contribution in [3.63, 3.8) is 0 Å². The van der Waals surface area contributed by atoms with Crippen LogP contribution in [0.1, 0.15) is 135 Å². The molecule has 0 saturated carbocycles. The molecule has 0 aromatic heterocycles. The molecule has 0 spiro atoms. The van der Waals surface area contributed by atoms with E-state index in [0.29, 0.717) is 51.4 Å². The number of carboxylic acids is 2. The standard InChI is InChI=1S/C57H71F4N3O18P2/c58-56(59,42-16-7-5-8-17-42)46(26-22-44-24-28-48(65)63(44)32-13-3-1-11-20-50(67)68)81-52(71)37-39-34-40(36-41(35-39)54(73)62-31-15-30-55(74,83(75,76)77)84(78,79)80)38-53(72)82-47(57(60,61)43-18-9-6-10-19-43)27-23-45-25-29-49(66)64(45)33-14-4-2-12-21-51(69)70/h5-10,16-19,22-23,26-27,34-36,44-47,74H,1-4,11-15,20-21,24-25,28-33,37-38H2,(H,62,73)(H,67,68)(H,69,70)(H2,75,76,77)(H2,78,79,80)/b26-22+,27-23+/t44-,45?,46?,47?/m0/s1. The van der Waals surface area contributed by atoms with Crippen molar-refractivity contribution in [1.82, 2.24) is 15.1 Å². The summed E-state index contributed by atoms with van der Waals surface area (Å²) in [4.78, 5) is 130. The van der Waals surface area contributed by atoms with Gasteiger partial charge < -0.3 is 59.5 Å². The van der Waals surface area contributed by atoms with Crippen LogP contribution < -0.4 is 5.32 Å². The van der Waals surface area contributed by atoms with Gasteiger partial charge in [-0.2, -0.15) is 17.6 Å². The zero-order chi connectivity index (χ0) is 61.9. The normalized spacial score (nSPS) is 17.0. The fraction of sp³-hybridized carbons (Fsp3) is 0.491. The van der Waals surface area contributed by atoms with Gasteiger partial charge in [0, 0.05) is 68.4 Å². The van der Waals surface area contributed by atoms with Crippen LogP contribution in [0.3, 0.4) is 0 Å². The summed E-state index contributed by atoms with van der Waals surface area (Å²) in [6.45, 7) is -0.0970. The van der Waals surface area contributed by atoms with Crippen LogP contribution >= 0.6 is 15.2 Å². The molecule has 2 fully saturated rings. The van der Waals surface area contributed by atoms with Crippen LogP contribution in [0.2, 0.25) is 0 Å². The molecule has 3 aromatic carbocycles. The van der Waals surface area contributed by atoms with Gasteiger partial charge in [-0.15, -0.1) is 0 Å². The molecule has 0 aliphatic carbocycles. The smallest absolute Gasteiger partial charge is 0.369 e. The highest BCUT2D eigenvalue weighted by atomic mass is 31.2. The van der Waals surface area contributed by atoms with Crippen molar-refractivity contribution >= 4 is 56.8 Å². The lowest BCUT2D eigenvalue weighted by Gasteiger charge is -2.29. The highest BCUT2D eigenvalue weighted by molar-refractivity contribution is 7.72. The predicted molar refractivity (Wildman–Crippen MR) is 294 cm³/mol. The van der Waals surface area contributed by atoms with Crippen molar-refractivity contribution in [3.05, 3.63) is 131 Å². The third-order valence-corrected chi connectivity index (χ3v) is 18.2. The van der Waals surface area contributed by atoms with Crippen molar-refractivity contribution < 1.29 is 105 Å². The molecule has 2 aliphatic heterocycles. The Morgan fingerprint density at radius 2 is 1.00 bits per heavy atom. The zero-order valence-electron chi connectivity index (χ0n) is 45.9. The van der Waals surface area contributed by atoms with Crippen molar-refractivity contribution in [2.45, 2.75) is 157 Å². The molecular formula is C57H71F4N3O18P2. The highest BCUT2D eigenvalue weighted by Gasteiger charge is 2.58. The molecule has 2 heterocycles. The second-order valence-electron chi connectivity index (χ2n) is 20.7. The van der Waals surface area contributed by atoms with Gasteiger partial charge >= 0.3 is 50.9 Å². The van der Waals surface area contributed by atoms with Crippen molar-refractivity contribution in [1.29, 1.82) is 0 Å². The molecule has 5 rings (SSSR count). The number of aliphatic hydroxyl groups is 1. The molecule has 2 saturated heterocycles. The Balaban J connectivity index is 1.43. The molecule has 4 atom stereocenters. The number of rotatable bonds is 35. The van der Waals surface area contributed by atoms with Crippen LogP contribution in [-0.2, 0) is 72.1 Å². The number of amides is 3. The van der Waals surface area contributed by atoms with Crippen LogP contribution in [0.4, 0.5) is 17.6 Å². The van der Waals surface area contributed by atoms with Crippen LogP contribution in [0.25, 0.3) is 0 Å². The van der Waals surface area contributed by atoms with Gasteiger partial charge in [0.15, 0.2) is 12.2 Å². The Labute approximate surface area is 482 Å². The number of unbranched alkanes of at least 4 members (excludes halogenated alkanes) is 6. The Kier molecular flexibility index (Phi) is 25.2. The number of alkyl halides is 4. The number of halogens is 4. The summed E-state index contributed by atoms with van der Waals surface area (Å²) < 4.78 is 101. The van der Waals surface area contributed by atoms with Gasteiger partial charge in [0.2, 0.25) is 11.8 Å². The monoisotopic (exact) mass is 1220 g/mol. The first-order chi connectivity index (χ1) is 39.5. The lowest BCUT2D eigenvalue weighted by molar-refractivity contribution is -0.167. The number of hydrogen-bond acceptors (Lipinski definition) is 12. The number of hydrogen-bond donors (Lipinski definition) is 8. The molecule has 8 N–H and O–H groups in total. The maximum Gasteiger partial charge on any atom is 0.369 e. The maximum atomic E-state index is 16.5. The van der Waals surface area contributed by atoms with E-state index >= 15 is 17.6 Å². The van der Waals surface area contributed by atoms with Crippen LogP contribution in [0.5, 0.6) is 0 Å². The third-order valence-electron chi connectivity index (χ3n) is 14.3.